The second-order valence-electron chi connectivity index (χ2n) is 11.2. The van der Waals surface area contributed by atoms with Crippen LogP contribution in [-0.4, -0.2) is 55.7 Å². The number of aliphatic carboxylic acids is 1. The van der Waals surface area contributed by atoms with Gasteiger partial charge in [0.15, 0.2) is 9.84 Å². The van der Waals surface area contributed by atoms with Crippen molar-refractivity contribution in [3.05, 3.63) is 65.0 Å². The third kappa shape index (κ3) is 5.56. The number of sulfone groups is 1. The van der Waals surface area contributed by atoms with Gasteiger partial charge in [0.05, 0.1) is 10.8 Å². The summed E-state index contributed by atoms with van der Waals surface area (Å²) in [6.07, 6.45) is -12.1. The summed E-state index contributed by atoms with van der Waals surface area (Å²) in [5, 5.41) is 9.25. The lowest BCUT2D eigenvalue weighted by Crippen LogP contribution is -2.50. The molecule has 2 aliphatic rings. The molecule has 6 nitrogen and oxygen atoms in total. The second-order valence-corrected chi connectivity index (χ2v) is 13.5. The normalized spacial score (nSPS) is 23.5. The van der Waals surface area contributed by atoms with E-state index in [0.717, 1.165) is 18.2 Å². The Balaban J connectivity index is 1.78. The largest absolute Gasteiger partial charge is 0.481 e. The van der Waals surface area contributed by atoms with Crippen LogP contribution in [-0.2, 0) is 36.3 Å². The van der Waals surface area contributed by atoms with E-state index in [4.69, 9.17) is 0 Å². The molecule has 1 amide bonds. The van der Waals surface area contributed by atoms with Crippen LogP contribution in [0.3, 0.4) is 0 Å². The van der Waals surface area contributed by atoms with Gasteiger partial charge >= 0.3 is 24.0 Å². The van der Waals surface area contributed by atoms with Gasteiger partial charge < -0.3 is 10.0 Å². The molecule has 1 heterocycles. The lowest BCUT2D eigenvalue weighted by atomic mass is 9.81. The molecule has 0 bridgehead atoms. The van der Waals surface area contributed by atoms with E-state index < -0.39 is 74.2 Å². The van der Waals surface area contributed by atoms with Crippen LogP contribution in [0.15, 0.2) is 47.4 Å². The number of carbonyl (C=O) groups is 2. The Hall–Kier alpha value is -3.23. The van der Waals surface area contributed by atoms with Crippen LogP contribution in [0.25, 0.3) is 0 Å². The number of carbonyl (C=O) groups excluding carboxylic acids is 1. The maximum absolute atomic E-state index is 14.7. The second kappa shape index (κ2) is 11.6. The first kappa shape index (κ1) is 33.7. The molecule has 1 aliphatic heterocycles. The predicted octanol–water partition coefficient (Wildman–Crippen LogP) is 6.47. The van der Waals surface area contributed by atoms with Crippen LogP contribution in [0.5, 0.6) is 0 Å². The molecule has 2 fully saturated rings. The molecule has 0 aromatic heterocycles. The topological polar surface area (TPSA) is 91.8 Å². The van der Waals surface area contributed by atoms with Gasteiger partial charge in [0.1, 0.15) is 10.6 Å². The molecule has 1 saturated heterocycles. The fourth-order valence-corrected chi connectivity index (χ4v) is 8.26. The summed E-state index contributed by atoms with van der Waals surface area (Å²) in [7, 11) is -4.60. The van der Waals surface area contributed by atoms with E-state index in [1.165, 1.54) is 4.90 Å². The highest BCUT2D eigenvalue weighted by Gasteiger charge is 2.73. The van der Waals surface area contributed by atoms with Crippen LogP contribution in [0.4, 0.5) is 35.1 Å². The molecule has 2 aromatic rings. The Morgan fingerprint density at radius 1 is 0.909 bits per heavy atom. The van der Waals surface area contributed by atoms with Crippen molar-refractivity contribution in [1.29, 1.82) is 0 Å². The molecular formula is C29H29F8NO5S. The number of nitrogens with zero attached hydrogens (tertiary/aromatic N) is 1. The number of rotatable bonds is 7. The minimum atomic E-state index is -6.38. The van der Waals surface area contributed by atoms with Crippen LogP contribution in [0.2, 0.25) is 0 Å². The van der Waals surface area contributed by atoms with Crippen molar-refractivity contribution in [2.24, 2.45) is 11.8 Å². The Kier molecular flexibility index (Phi) is 8.88. The first-order valence-electron chi connectivity index (χ1n) is 13.8. The van der Waals surface area contributed by atoms with E-state index in [0.29, 0.717) is 12.1 Å². The van der Waals surface area contributed by atoms with Gasteiger partial charge in [0.2, 0.25) is 5.91 Å². The molecule has 0 radical (unpaired) electrons. The zero-order valence-electron chi connectivity index (χ0n) is 23.3. The van der Waals surface area contributed by atoms with Crippen LogP contribution in [0.1, 0.15) is 55.7 Å². The van der Waals surface area contributed by atoms with Gasteiger partial charge in [0.25, 0.3) is 0 Å². The highest BCUT2D eigenvalue weighted by molar-refractivity contribution is 7.92. The summed E-state index contributed by atoms with van der Waals surface area (Å²) in [4.78, 5) is 25.6. The van der Waals surface area contributed by atoms with Crippen molar-refractivity contribution in [1.82, 2.24) is 4.90 Å². The number of hydrogen-bond acceptors (Lipinski definition) is 4. The van der Waals surface area contributed by atoms with E-state index in [2.05, 4.69) is 0 Å². The molecule has 1 aliphatic carbocycles. The molecule has 15 heteroatoms. The first-order valence-corrected chi connectivity index (χ1v) is 15.3. The average Bonchev–Trinajstić information content (AvgIpc) is 3.43. The number of carboxylic acid groups (broad SMARTS) is 1. The summed E-state index contributed by atoms with van der Waals surface area (Å²) < 4.78 is 136. The number of aryl methyl sites for hydroxylation is 1. The fraction of sp³-hybridized carbons (Fsp3) is 0.517. The smallest absolute Gasteiger partial charge is 0.435 e. The third-order valence-corrected chi connectivity index (χ3v) is 11.3. The van der Waals surface area contributed by atoms with E-state index in [1.807, 2.05) is 0 Å². The average molecular weight is 656 g/mol. The number of carboxylic acids is 1. The van der Waals surface area contributed by atoms with Gasteiger partial charge in [0, 0.05) is 24.6 Å². The highest BCUT2D eigenvalue weighted by atomic mass is 32.2. The number of alkyl halides is 7. The summed E-state index contributed by atoms with van der Waals surface area (Å²) in [6.45, 7) is 0.881. The van der Waals surface area contributed by atoms with Gasteiger partial charge in [-0.3, -0.25) is 9.59 Å². The van der Waals surface area contributed by atoms with Gasteiger partial charge in [-0.1, -0.05) is 31.2 Å². The third-order valence-electron chi connectivity index (χ3n) is 8.78. The Morgan fingerprint density at radius 3 is 1.95 bits per heavy atom. The van der Waals surface area contributed by atoms with E-state index >= 15 is 0 Å². The summed E-state index contributed by atoms with van der Waals surface area (Å²) in [5.74, 6) is -3.39. The monoisotopic (exact) mass is 655 g/mol. The van der Waals surface area contributed by atoms with Gasteiger partial charge in [-0.05, 0) is 67.9 Å². The quantitative estimate of drug-likeness (QED) is 0.273. The first-order chi connectivity index (χ1) is 20.3. The van der Waals surface area contributed by atoms with Crippen molar-refractivity contribution >= 4 is 21.7 Å². The lowest BCUT2D eigenvalue weighted by Gasteiger charge is -2.33. The van der Waals surface area contributed by atoms with E-state index in [-0.39, 0.29) is 73.2 Å². The van der Waals surface area contributed by atoms with Crippen molar-refractivity contribution in [2.75, 3.05) is 13.1 Å². The minimum Gasteiger partial charge on any atom is -0.481 e. The molecule has 4 rings (SSSR count). The van der Waals surface area contributed by atoms with Gasteiger partial charge in [-0.2, -0.15) is 26.3 Å². The van der Waals surface area contributed by atoms with E-state index in [9.17, 15) is 58.2 Å². The molecule has 242 valence electrons. The number of benzene rings is 2. The number of halogens is 8. The van der Waals surface area contributed by atoms with Crippen molar-refractivity contribution in [3.63, 3.8) is 0 Å². The molecule has 2 aromatic carbocycles. The zero-order valence-corrected chi connectivity index (χ0v) is 24.1. The Bertz CT molecular complexity index is 1500. The van der Waals surface area contributed by atoms with Crippen LogP contribution < -0.4 is 0 Å². The molecule has 44 heavy (non-hydrogen) atoms. The Morgan fingerprint density at radius 2 is 1.45 bits per heavy atom. The molecule has 0 spiro atoms. The zero-order chi connectivity index (χ0) is 32.9. The van der Waals surface area contributed by atoms with Crippen LogP contribution in [0, 0.1) is 17.7 Å². The lowest BCUT2D eigenvalue weighted by molar-refractivity contribution is -0.348. The van der Waals surface area contributed by atoms with Crippen molar-refractivity contribution in [2.45, 2.75) is 73.1 Å². The van der Waals surface area contributed by atoms with Gasteiger partial charge in [-0.15, -0.1) is 0 Å². The SMILES string of the molecule is CCc1cc(S(=O)(=O)[C@]2(c3ccc(C(F)(C(F)(F)F)C(F)(F)F)cc3)CCN(C(=O)[C@H]3CC[C@H](C(=O)O)CC3)C2)ccc1F. The van der Waals surface area contributed by atoms with Gasteiger partial charge in [-0.25, -0.2) is 17.2 Å². The summed E-state index contributed by atoms with van der Waals surface area (Å²) in [5.41, 5.74) is -7.77. The molecule has 1 N–H and O–H groups in total. The standard InChI is InChI=1S/C29H29F8NO5S/c1-2-17-15-22(11-12-23(17)30)44(42,43)26(13-14-38(16-26)24(39)18-3-5-19(6-4-18)25(40)41)20-7-9-21(10-8-20)27(31,28(32,33)34)29(35,36)37/h7-12,15,18-19H,2-6,13-14,16H2,1H3,(H,40,41)/t18-,19-,26-/m1/s1. The number of amides is 1. The fourth-order valence-electron chi connectivity index (χ4n) is 6.13. The molecule has 1 atom stereocenters. The molecule has 0 unspecified atom stereocenters. The van der Waals surface area contributed by atoms with E-state index in [1.54, 1.807) is 6.92 Å². The minimum absolute atomic E-state index is 0.0373. The van der Waals surface area contributed by atoms with Crippen molar-refractivity contribution in [3.8, 4) is 0 Å². The maximum atomic E-state index is 14.7. The highest BCUT2D eigenvalue weighted by Crippen LogP contribution is 2.54. The summed E-state index contributed by atoms with van der Waals surface area (Å²) >= 11 is 0. The number of hydrogen-bond donors (Lipinski definition) is 1. The Labute approximate surface area is 248 Å². The van der Waals surface area contributed by atoms with Crippen LogP contribution >= 0.6 is 0 Å². The summed E-state index contributed by atoms with van der Waals surface area (Å²) in [6, 6.07) is 4.80. The van der Waals surface area contributed by atoms with Crippen molar-refractivity contribution < 1.29 is 58.2 Å². The number of likely N-dealkylation sites (tertiary alicyclic amines) is 1. The molecular weight excluding hydrogens is 626 g/mol. The molecule has 1 saturated carbocycles. The predicted molar refractivity (Wildman–Crippen MR) is 140 cm³/mol. The maximum Gasteiger partial charge on any atom is 0.435 e.